The number of rotatable bonds is 6. The van der Waals surface area contributed by atoms with Crippen LogP contribution in [0.2, 0.25) is 0 Å². The summed E-state index contributed by atoms with van der Waals surface area (Å²) in [5.41, 5.74) is 6.27. The van der Waals surface area contributed by atoms with Crippen molar-refractivity contribution in [3.05, 3.63) is 11.1 Å². The summed E-state index contributed by atoms with van der Waals surface area (Å²) >= 11 is 1.36. The van der Waals surface area contributed by atoms with Crippen molar-refractivity contribution < 1.29 is 14.3 Å². The second-order valence-electron chi connectivity index (χ2n) is 4.46. The molecule has 0 unspecified atom stereocenters. The van der Waals surface area contributed by atoms with Crippen molar-refractivity contribution in [3.8, 4) is 0 Å². The van der Waals surface area contributed by atoms with E-state index in [2.05, 4.69) is 10.3 Å². The highest BCUT2D eigenvalue weighted by atomic mass is 32.1. The van der Waals surface area contributed by atoms with E-state index in [1.807, 2.05) is 5.38 Å². The van der Waals surface area contributed by atoms with Crippen LogP contribution in [0.5, 0.6) is 0 Å². The molecule has 2 heterocycles. The normalized spacial score (nSPS) is 19.3. The predicted molar refractivity (Wildman–Crippen MR) is 72.8 cm³/mol. The molecule has 0 radical (unpaired) electrons. The number of nitrogens with two attached hydrogens (primary N) is 1. The number of nitrogens with one attached hydrogen (secondary N) is 1. The molecule has 1 atom stereocenters. The van der Waals surface area contributed by atoms with Crippen molar-refractivity contribution in [2.45, 2.75) is 31.9 Å². The molecule has 2 rings (SSSR count). The minimum Gasteiger partial charge on any atom is -0.376 e. The Hall–Kier alpha value is -1.18. The van der Waals surface area contributed by atoms with E-state index >= 15 is 0 Å². The van der Waals surface area contributed by atoms with Gasteiger partial charge in [0, 0.05) is 12.0 Å². The Morgan fingerprint density at radius 1 is 1.63 bits per heavy atom. The molecule has 1 aromatic heterocycles. The number of carbonyl (C=O) groups excluding carboxylic acids is 1. The smallest absolute Gasteiger partial charge is 0.246 e. The van der Waals surface area contributed by atoms with Gasteiger partial charge in [0.25, 0.3) is 0 Å². The lowest BCUT2D eigenvalue weighted by Gasteiger charge is -2.22. The summed E-state index contributed by atoms with van der Waals surface area (Å²) < 4.78 is 10.9. The number of carbonyl (C=O) groups is 1. The number of amides is 1. The van der Waals surface area contributed by atoms with Crippen LogP contribution in [0, 0.1) is 0 Å². The zero-order chi connectivity index (χ0) is 13.5. The average Bonchev–Trinajstić information content (AvgIpc) is 2.83. The lowest BCUT2D eigenvalue weighted by molar-refractivity contribution is -0.128. The van der Waals surface area contributed by atoms with Crippen LogP contribution in [-0.2, 0) is 20.8 Å². The molecule has 7 heteroatoms. The Kier molecular flexibility index (Phi) is 5.56. The summed E-state index contributed by atoms with van der Waals surface area (Å²) in [6, 6.07) is 0. The second-order valence-corrected chi connectivity index (χ2v) is 5.35. The van der Waals surface area contributed by atoms with Crippen molar-refractivity contribution in [1.29, 1.82) is 0 Å². The standard InChI is InChI=1S/C12H19N3O3S/c13-12-15-9(8-19-12)5-14-11(16)7-17-6-10-3-1-2-4-18-10/h8,10H,1-7H2,(H2,13,15)(H,14,16)/t10-/m0/s1. The van der Waals surface area contributed by atoms with Gasteiger partial charge in [-0.25, -0.2) is 4.98 Å². The van der Waals surface area contributed by atoms with Crippen LogP contribution in [0.1, 0.15) is 25.0 Å². The van der Waals surface area contributed by atoms with Crippen LogP contribution in [0.4, 0.5) is 5.13 Å². The summed E-state index contributed by atoms with van der Waals surface area (Å²) in [7, 11) is 0. The van der Waals surface area contributed by atoms with Gasteiger partial charge in [0.05, 0.1) is 24.9 Å². The lowest BCUT2D eigenvalue weighted by atomic mass is 10.1. The zero-order valence-electron chi connectivity index (χ0n) is 10.8. The van der Waals surface area contributed by atoms with Crippen molar-refractivity contribution in [1.82, 2.24) is 10.3 Å². The molecular weight excluding hydrogens is 266 g/mol. The van der Waals surface area contributed by atoms with E-state index in [1.165, 1.54) is 17.8 Å². The van der Waals surface area contributed by atoms with Gasteiger partial charge in [-0.2, -0.15) is 0 Å². The molecule has 1 aliphatic heterocycles. The van der Waals surface area contributed by atoms with E-state index < -0.39 is 0 Å². The van der Waals surface area contributed by atoms with Crippen molar-refractivity contribution in [3.63, 3.8) is 0 Å². The first-order valence-electron chi connectivity index (χ1n) is 6.40. The van der Waals surface area contributed by atoms with Gasteiger partial charge in [-0.05, 0) is 19.3 Å². The predicted octanol–water partition coefficient (Wildman–Crippen LogP) is 0.927. The van der Waals surface area contributed by atoms with Gasteiger partial charge in [0.1, 0.15) is 6.61 Å². The minimum absolute atomic E-state index is 0.0550. The third kappa shape index (κ3) is 5.14. The number of hydrogen-bond acceptors (Lipinski definition) is 6. The quantitative estimate of drug-likeness (QED) is 0.812. The number of hydrogen-bond donors (Lipinski definition) is 2. The summed E-state index contributed by atoms with van der Waals surface area (Å²) in [5.74, 6) is -0.151. The van der Waals surface area contributed by atoms with E-state index in [0.717, 1.165) is 25.1 Å². The third-order valence-corrected chi connectivity index (χ3v) is 3.57. The number of ether oxygens (including phenoxy) is 2. The number of thiazole rings is 1. The summed E-state index contributed by atoms with van der Waals surface area (Å²) in [5, 5.41) is 5.07. The molecule has 6 nitrogen and oxygen atoms in total. The number of nitrogens with zero attached hydrogens (tertiary/aromatic N) is 1. The largest absolute Gasteiger partial charge is 0.376 e. The lowest BCUT2D eigenvalue weighted by Crippen LogP contribution is -2.30. The first kappa shape index (κ1) is 14.2. The molecular formula is C12H19N3O3S. The first-order valence-corrected chi connectivity index (χ1v) is 7.28. The molecule has 1 amide bonds. The van der Waals surface area contributed by atoms with Gasteiger partial charge in [0.15, 0.2) is 5.13 Å². The van der Waals surface area contributed by atoms with Crippen molar-refractivity contribution >= 4 is 22.4 Å². The maximum absolute atomic E-state index is 11.5. The first-order chi connectivity index (χ1) is 9.24. The molecule has 0 spiro atoms. The third-order valence-electron chi connectivity index (χ3n) is 2.85. The van der Waals surface area contributed by atoms with Crippen LogP contribution in [0.15, 0.2) is 5.38 Å². The topological polar surface area (TPSA) is 86.5 Å². The maximum Gasteiger partial charge on any atom is 0.246 e. The van der Waals surface area contributed by atoms with E-state index in [4.69, 9.17) is 15.2 Å². The molecule has 1 fully saturated rings. The second kappa shape index (κ2) is 7.42. The molecule has 3 N–H and O–H groups in total. The Morgan fingerprint density at radius 3 is 3.21 bits per heavy atom. The Labute approximate surface area is 116 Å². The number of nitrogen functional groups attached to an aromatic ring is 1. The summed E-state index contributed by atoms with van der Waals surface area (Å²) in [4.78, 5) is 15.6. The van der Waals surface area contributed by atoms with E-state index in [-0.39, 0.29) is 18.6 Å². The van der Waals surface area contributed by atoms with E-state index in [9.17, 15) is 4.79 Å². The van der Waals surface area contributed by atoms with Crippen LogP contribution < -0.4 is 11.1 Å². The van der Waals surface area contributed by atoms with E-state index in [0.29, 0.717) is 18.3 Å². The van der Waals surface area contributed by atoms with Crippen LogP contribution in [0.25, 0.3) is 0 Å². The summed E-state index contributed by atoms with van der Waals surface area (Å²) in [6.45, 7) is 1.72. The molecule has 0 aliphatic carbocycles. The van der Waals surface area contributed by atoms with E-state index in [1.54, 1.807) is 0 Å². The molecule has 1 aliphatic rings. The van der Waals surface area contributed by atoms with Gasteiger partial charge in [0.2, 0.25) is 5.91 Å². The molecule has 1 saturated heterocycles. The van der Waals surface area contributed by atoms with Crippen LogP contribution in [0.3, 0.4) is 0 Å². The highest BCUT2D eigenvalue weighted by Crippen LogP contribution is 2.12. The SMILES string of the molecule is Nc1nc(CNC(=O)COC[C@@H]2CCCCO2)cs1. The van der Waals surface area contributed by atoms with Gasteiger partial charge >= 0.3 is 0 Å². The molecule has 19 heavy (non-hydrogen) atoms. The monoisotopic (exact) mass is 285 g/mol. The van der Waals surface area contributed by atoms with Gasteiger partial charge in [-0.3, -0.25) is 4.79 Å². The molecule has 0 bridgehead atoms. The van der Waals surface area contributed by atoms with Gasteiger partial charge < -0.3 is 20.5 Å². The fourth-order valence-corrected chi connectivity index (χ4v) is 2.43. The molecule has 106 valence electrons. The number of anilines is 1. The molecule has 1 aromatic rings. The van der Waals surface area contributed by atoms with Gasteiger partial charge in [-0.1, -0.05) is 0 Å². The Bertz CT molecular complexity index is 405. The fraction of sp³-hybridized carbons (Fsp3) is 0.667. The fourth-order valence-electron chi connectivity index (χ4n) is 1.87. The molecule has 0 aromatic carbocycles. The van der Waals surface area contributed by atoms with Crippen LogP contribution in [-0.4, -0.2) is 36.8 Å². The van der Waals surface area contributed by atoms with Crippen LogP contribution >= 0.6 is 11.3 Å². The molecule has 0 saturated carbocycles. The highest BCUT2D eigenvalue weighted by molar-refractivity contribution is 7.13. The Morgan fingerprint density at radius 2 is 2.53 bits per heavy atom. The van der Waals surface area contributed by atoms with Crippen molar-refractivity contribution in [2.24, 2.45) is 0 Å². The highest BCUT2D eigenvalue weighted by Gasteiger charge is 2.14. The van der Waals surface area contributed by atoms with Gasteiger partial charge in [-0.15, -0.1) is 11.3 Å². The van der Waals surface area contributed by atoms with Crippen molar-refractivity contribution in [2.75, 3.05) is 25.6 Å². The average molecular weight is 285 g/mol. The maximum atomic E-state index is 11.5. The number of aromatic nitrogens is 1. The Balaban J connectivity index is 1.56. The summed E-state index contributed by atoms with van der Waals surface area (Å²) in [6.07, 6.45) is 3.44. The zero-order valence-corrected chi connectivity index (χ0v) is 11.6. The minimum atomic E-state index is -0.151.